The van der Waals surface area contributed by atoms with Gasteiger partial charge in [-0.3, -0.25) is 10.1 Å². The zero-order valence-electron chi connectivity index (χ0n) is 20.9. The van der Waals surface area contributed by atoms with Gasteiger partial charge < -0.3 is 15.5 Å². The van der Waals surface area contributed by atoms with Gasteiger partial charge in [-0.1, -0.05) is 72.8 Å². The van der Waals surface area contributed by atoms with Crippen LogP contribution in [0, 0.1) is 11.5 Å². The lowest BCUT2D eigenvalue weighted by Crippen LogP contribution is -2.32. The molecule has 3 N–H and O–H groups in total. The minimum absolute atomic E-state index is 0.00404. The number of carbonyl (C=O) groups excluding carboxylic acids is 1. The molecule has 0 aliphatic heterocycles. The van der Waals surface area contributed by atoms with Gasteiger partial charge in [-0.2, -0.15) is 5.26 Å². The fourth-order valence-electron chi connectivity index (χ4n) is 3.75. The van der Waals surface area contributed by atoms with Gasteiger partial charge in [0.1, 0.15) is 0 Å². The van der Waals surface area contributed by atoms with Crippen molar-refractivity contribution in [3.63, 3.8) is 0 Å². The van der Waals surface area contributed by atoms with Gasteiger partial charge in [0.15, 0.2) is 6.19 Å². The Morgan fingerprint density at radius 1 is 0.944 bits per heavy atom. The molecule has 7 nitrogen and oxygen atoms in total. The van der Waals surface area contributed by atoms with Crippen LogP contribution in [0.1, 0.15) is 18.4 Å². The summed E-state index contributed by atoms with van der Waals surface area (Å²) in [6.45, 7) is 1.40. The normalized spacial score (nSPS) is 12.0. The predicted octanol–water partition coefficient (Wildman–Crippen LogP) is 4.26. The Bertz CT molecular complexity index is 1140. The van der Waals surface area contributed by atoms with E-state index in [4.69, 9.17) is 4.99 Å². The number of anilines is 1. The third-order valence-electron chi connectivity index (χ3n) is 5.64. The minimum Gasteiger partial charge on any atom is -0.355 e. The van der Waals surface area contributed by atoms with Crippen molar-refractivity contribution >= 4 is 17.6 Å². The summed E-state index contributed by atoms with van der Waals surface area (Å²) < 4.78 is 0. The summed E-state index contributed by atoms with van der Waals surface area (Å²) >= 11 is 0. The fourth-order valence-corrected chi connectivity index (χ4v) is 3.75. The molecule has 0 saturated heterocycles. The number of nitrogens with zero attached hydrogens (tertiary/aromatic N) is 3. The molecule has 36 heavy (non-hydrogen) atoms. The topological polar surface area (TPSA) is 92.6 Å². The Balaban J connectivity index is 1.71. The van der Waals surface area contributed by atoms with Gasteiger partial charge >= 0.3 is 0 Å². The van der Waals surface area contributed by atoms with Gasteiger partial charge in [0.2, 0.25) is 11.9 Å². The van der Waals surface area contributed by atoms with Crippen molar-refractivity contribution in [2.24, 2.45) is 4.99 Å². The maximum absolute atomic E-state index is 12.4. The lowest BCUT2D eigenvalue weighted by molar-refractivity contribution is -0.121. The van der Waals surface area contributed by atoms with Crippen LogP contribution in [0.25, 0.3) is 11.1 Å². The minimum atomic E-state index is -0.182. The molecule has 3 aromatic rings. The highest BCUT2D eigenvalue weighted by atomic mass is 16.1. The average molecular weight is 483 g/mol. The first-order valence-electron chi connectivity index (χ1n) is 12.1. The number of amides is 1. The van der Waals surface area contributed by atoms with E-state index >= 15 is 0 Å². The molecular weight excluding hydrogens is 448 g/mol. The van der Waals surface area contributed by atoms with E-state index in [1.165, 1.54) is 0 Å². The van der Waals surface area contributed by atoms with E-state index in [2.05, 4.69) is 28.1 Å². The van der Waals surface area contributed by atoms with Crippen LogP contribution in [0.4, 0.5) is 5.69 Å². The molecule has 0 spiro atoms. The van der Waals surface area contributed by atoms with Crippen molar-refractivity contribution in [3.8, 4) is 17.3 Å². The molecule has 1 atom stereocenters. The fraction of sp³-hybridized carbons (Fsp3) is 0.276. The maximum Gasteiger partial charge on any atom is 0.220 e. The van der Waals surface area contributed by atoms with Crippen LogP contribution in [-0.2, 0) is 11.2 Å². The third kappa shape index (κ3) is 9.24. The van der Waals surface area contributed by atoms with Crippen molar-refractivity contribution in [2.45, 2.75) is 25.3 Å². The number of nitriles is 1. The molecule has 0 aliphatic rings. The Kier molecular flexibility index (Phi) is 10.5. The van der Waals surface area contributed by atoms with E-state index in [0.29, 0.717) is 31.8 Å². The van der Waals surface area contributed by atoms with E-state index < -0.39 is 0 Å². The van der Waals surface area contributed by atoms with Crippen LogP contribution in [0.5, 0.6) is 0 Å². The number of rotatable bonds is 11. The van der Waals surface area contributed by atoms with Crippen molar-refractivity contribution in [1.82, 2.24) is 15.5 Å². The van der Waals surface area contributed by atoms with Gasteiger partial charge in [0, 0.05) is 25.2 Å². The zero-order valence-corrected chi connectivity index (χ0v) is 20.9. The smallest absolute Gasteiger partial charge is 0.220 e. The summed E-state index contributed by atoms with van der Waals surface area (Å²) in [6, 6.07) is 28.0. The number of benzene rings is 3. The molecule has 0 fully saturated rings. The van der Waals surface area contributed by atoms with Gasteiger partial charge in [-0.05, 0) is 55.8 Å². The predicted molar refractivity (Wildman–Crippen MR) is 146 cm³/mol. The van der Waals surface area contributed by atoms with E-state index in [9.17, 15) is 10.1 Å². The Hall–Kier alpha value is -4.15. The first kappa shape index (κ1) is 26.5. The Morgan fingerprint density at radius 3 is 2.22 bits per heavy atom. The summed E-state index contributed by atoms with van der Waals surface area (Å²) in [5.41, 5.74) is 4.19. The lowest BCUT2D eigenvalue weighted by Gasteiger charge is -2.16. The third-order valence-corrected chi connectivity index (χ3v) is 5.64. The zero-order chi connectivity index (χ0) is 25.6. The number of nitrogens with one attached hydrogen (secondary N) is 3. The molecule has 3 rings (SSSR count). The SMILES string of the molecule is CN(C)CCNC(=O)CCC(Cc1ccccc1)N=C(NC#N)Nc1ccc(-c2ccccc2)cc1. The summed E-state index contributed by atoms with van der Waals surface area (Å²) in [7, 11) is 3.95. The van der Waals surface area contributed by atoms with Gasteiger partial charge in [0.25, 0.3) is 0 Å². The van der Waals surface area contributed by atoms with Gasteiger partial charge in [-0.15, -0.1) is 0 Å². The first-order valence-corrected chi connectivity index (χ1v) is 12.1. The summed E-state index contributed by atoms with van der Waals surface area (Å²) in [6.07, 6.45) is 3.56. The molecule has 0 saturated carbocycles. The lowest BCUT2D eigenvalue weighted by atomic mass is 10.0. The summed E-state index contributed by atoms with van der Waals surface area (Å²) in [5, 5.41) is 18.2. The highest BCUT2D eigenvalue weighted by Gasteiger charge is 2.14. The number of likely N-dealkylation sites (N-methyl/N-ethyl adjacent to an activating group) is 1. The second-order valence-corrected chi connectivity index (χ2v) is 8.82. The number of hydrogen-bond donors (Lipinski definition) is 3. The molecule has 0 bridgehead atoms. The second kappa shape index (κ2) is 14.3. The van der Waals surface area contributed by atoms with E-state index in [-0.39, 0.29) is 11.9 Å². The summed E-state index contributed by atoms with van der Waals surface area (Å²) in [4.78, 5) is 19.2. The molecule has 7 heteroatoms. The first-order chi connectivity index (χ1) is 17.5. The highest BCUT2D eigenvalue weighted by Crippen LogP contribution is 2.21. The molecule has 0 aromatic heterocycles. The quantitative estimate of drug-likeness (QED) is 0.164. The molecule has 0 aliphatic carbocycles. The Morgan fingerprint density at radius 2 is 1.58 bits per heavy atom. The van der Waals surface area contributed by atoms with Crippen molar-refractivity contribution in [3.05, 3.63) is 90.5 Å². The van der Waals surface area contributed by atoms with Crippen LogP contribution >= 0.6 is 0 Å². The molecule has 1 unspecified atom stereocenters. The number of guanidine groups is 1. The number of aliphatic imine (C=N–C) groups is 1. The number of hydrogen-bond acceptors (Lipinski definition) is 4. The van der Waals surface area contributed by atoms with E-state index in [0.717, 1.165) is 28.9 Å². The van der Waals surface area contributed by atoms with E-state index in [1.807, 2.05) is 98.0 Å². The largest absolute Gasteiger partial charge is 0.355 e. The Labute approximate surface area is 213 Å². The van der Waals surface area contributed by atoms with Crippen LogP contribution in [-0.4, -0.2) is 50.0 Å². The highest BCUT2D eigenvalue weighted by molar-refractivity contribution is 5.95. The molecule has 186 valence electrons. The van der Waals surface area contributed by atoms with Crippen molar-refractivity contribution < 1.29 is 4.79 Å². The molecule has 0 heterocycles. The van der Waals surface area contributed by atoms with Crippen LogP contribution in [0.2, 0.25) is 0 Å². The molecular formula is C29H34N6O. The average Bonchev–Trinajstić information content (AvgIpc) is 2.89. The van der Waals surface area contributed by atoms with Crippen LogP contribution in [0.15, 0.2) is 89.9 Å². The van der Waals surface area contributed by atoms with Crippen LogP contribution < -0.4 is 16.0 Å². The molecule has 0 radical (unpaired) electrons. The summed E-state index contributed by atoms with van der Waals surface area (Å²) in [5.74, 6) is 0.364. The second-order valence-electron chi connectivity index (χ2n) is 8.82. The van der Waals surface area contributed by atoms with Crippen molar-refractivity contribution in [1.29, 1.82) is 5.26 Å². The maximum atomic E-state index is 12.4. The van der Waals surface area contributed by atoms with Gasteiger partial charge in [-0.25, -0.2) is 4.99 Å². The molecule has 1 amide bonds. The monoisotopic (exact) mass is 482 g/mol. The molecule has 3 aromatic carbocycles. The van der Waals surface area contributed by atoms with Crippen LogP contribution in [0.3, 0.4) is 0 Å². The van der Waals surface area contributed by atoms with Gasteiger partial charge in [0.05, 0.1) is 6.04 Å². The standard InChI is InChI=1S/C29H34N6O/c1-35(2)20-19-31-28(36)18-17-27(21-23-9-5-3-6-10-23)34-29(32-22-30)33-26-15-13-25(14-16-26)24-11-7-4-8-12-24/h3-16,27H,17-21H2,1-2H3,(H,31,36)(H2,32,33,34). The van der Waals surface area contributed by atoms with Crippen molar-refractivity contribution in [2.75, 3.05) is 32.5 Å². The van der Waals surface area contributed by atoms with E-state index in [1.54, 1.807) is 0 Å². The number of carbonyl (C=O) groups is 1.